The molecular formula is C14H18N6O. The lowest BCUT2D eigenvalue weighted by atomic mass is 10.0. The number of amides is 1. The quantitative estimate of drug-likeness (QED) is 0.872. The molecule has 0 aliphatic carbocycles. The van der Waals surface area contributed by atoms with Crippen LogP contribution in [0.1, 0.15) is 18.4 Å². The van der Waals surface area contributed by atoms with Crippen molar-refractivity contribution >= 4 is 11.6 Å². The third-order valence-corrected chi connectivity index (χ3v) is 3.75. The molecule has 0 bridgehead atoms. The van der Waals surface area contributed by atoms with Crippen LogP contribution in [0.25, 0.3) is 5.69 Å². The monoisotopic (exact) mass is 286 g/mol. The van der Waals surface area contributed by atoms with E-state index in [9.17, 15) is 4.79 Å². The van der Waals surface area contributed by atoms with E-state index in [1.165, 1.54) is 6.33 Å². The lowest BCUT2D eigenvalue weighted by Gasteiger charge is -2.12. The van der Waals surface area contributed by atoms with Crippen molar-refractivity contribution in [1.29, 1.82) is 0 Å². The summed E-state index contributed by atoms with van der Waals surface area (Å²) in [7, 11) is 0. The van der Waals surface area contributed by atoms with E-state index in [-0.39, 0.29) is 5.91 Å². The van der Waals surface area contributed by atoms with Crippen LogP contribution in [0.4, 0.5) is 5.69 Å². The lowest BCUT2D eigenvalue weighted by Crippen LogP contribution is -2.19. The fourth-order valence-corrected chi connectivity index (χ4v) is 2.52. The van der Waals surface area contributed by atoms with Gasteiger partial charge in [0, 0.05) is 12.1 Å². The standard InChI is InChI=1S/C14H18N6O/c1-10-2-3-12(20-9-16-18-19-20)7-13(10)17-14(21)6-11-4-5-15-8-11/h2-3,7,9,11,15H,4-6,8H2,1H3,(H,17,21). The van der Waals surface area contributed by atoms with Crippen LogP contribution in [0.5, 0.6) is 0 Å². The molecule has 2 heterocycles. The maximum atomic E-state index is 12.1. The number of carbonyl (C=O) groups excluding carboxylic acids is 1. The smallest absolute Gasteiger partial charge is 0.224 e. The Hall–Kier alpha value is -2.28. The molecule has 0 saturated carbocycles. The van der Waals surface area contributed by atoms with Crippen molar-refractivity contribution in [1.82, 2.24) is 25.5 Å². The molecule has 0 radical (unpaired) electrons. The van der Waals surface area contributed by atoms with Crippen molar-refractivity contribution in [2.45, 2.75) is 19.8 Å². The van der Waals surface area contributed by atoms with Crippen LogP contribution in [0.3, 0.4) is 0 Å². The first kappa shape index (κ1) is 13.7. The average Bonchev–Trinajstić information content (AvgIpc) is 3.14. The van der Waals surface area contributed by atoms with Gasteiger partial charge in [0.15, 0.2) is 0 Å². The van der Waals surface area contributed by atoms with Crippen LogP contribution in [0.15, 0.2) is 24.5 Å². The minimum atomic E-state index is 0.0562. The zero-order valence-corrected chi connectivity index (χ0v) is 11.9. The van der Waals surface area contributed by atoms with Crippen LogP contribution < -0.4 is 10.6 Å². The first-order valence-corrected chi connectivity index (χ1v) is 7.07. The topological polar surface area (TPSA) is 84.7 Å². The highest BCUT2D eigenvalue weighted by atomic mass is 16.1. The fraction of sp³-hybridized carbons (Fsp3) is 0.429. The average molecular weight is 286 g/mol. The minimum Gasteiger partial charge on any atom is -0.326 e. The summed E-state index contributed by atoms with van der Waals surface area (Å²) in [6.45, 7) is 3.90. The molecular weight excluding hydrogens is 268 g/mol. The van der Waals surface area contributed by atoms with Crippen molar-refractivity contribution < 1.29 is 4.79 Å². The van der Waals surface area contributed by atoms with Gasteiger partial charge >= 0.3 is 0 Å². The predicted octanol–water partition coefficient (Wildman–Crippen LogP) is 0.909. The van der Waals surface area contributed by atoms with Gasteiger partial charge in [0.05, 0.1) is 5.69 Å². The van der Waals surface area contributed by atoms with Crippen molar-refractivity contribution in [2.75, 3.05) is 18.4 Å². The number of aromatic nitrogens is 4. The Labute approximate surface area is 122 Å². The van der Waals surface area contributed by atoms with Gasteiger partial charge in [0.2, 0.25) is 5.91 Å². The number of benzene rings is 1. The van der Waals surface area contributed by atoms with E-state index in [4.69, 9.17) is 0 Å². The molecule has 1 aromatic carbocycles. The second kappa shape index (κ2) is 6.01. The van der Waals surface area contributed by atoms with E-state index in [1.54, 1.807) is 4.68 Å². The summed E-state index contributed by atoms with van der Waals surface area (Å²) < 4.78 is 1.57. The molecule has 110 valence electrons. The van der Waals surface area contributed by atoms with Crippen LogP contribution in [-0.4, -0.2) is 39.2 Å². The molecule has 1 aromatic heterocycles. The highest BCUT2D eigenvalue weighted by molar-refractivity contribution is 5.92. The normalized spacial score (nSPS) is 17.9. The van der Waals surface area contributed by atoms with Crippen molar-refractivity contribution in [2.24, 2.45) is 5.92 Å². The number of nitrogens with one attached hydrogen (secondary N) is 2. The summed E-state index contributed by atoms with van der Waals surface area (Å²) in [6.07, 6.45) is 3.15. The summed E-state index contributed by atoms with van der Waals surface area (Å²) in [4.78, 5) is 12.1. The van der Waals surface area contributed by atoms with E-state index < -0.39 is 0 Å². The minimum absolute atomic E-state index is 0.0562. The highest BCUT2D eigenvalue weighted by Crippen LogP contribution is 2.20. The summed E-state index contributed by atoms with van der Waals surface area (Å²) in [5.41, 5.74) is 2.65. The second-order valence-corrected chi connectivity index (χ2v) is 5.36. The van der Waals surface area contributed by atoms with Gasteiger partial charge in [-0.3, -0.25) is 4.79 Å². The Bertz CT molecular complexity index is 618. The molecule has 1 aliphatic heterocycles. The van der Waals surface area contributed by atoms with E-state index in [1.807, 2.05) is 25.1 Å². The van der Waals surface area contributed by atoms with E-state index in [0.29, 0.717) is 12.3 Å². The van der Waals surface area contributed by atoms with Crippen LogP contribution >= 0.6 is 0 Å². The molecule has 1 saturated heterocycles. The van der Waals surface area contributed by atoms with Crippen molar-refractivity contribution in [3.05, 3.63) is 30.1 Å². The molecule has 1 fully saturated rings. The number of tetrazole rings is 1. The third kappa shape index (κ3) is 3.25. The van der Waals surface area contributed by atoms with E-state index >= 15 is 0 Å². The number of hydrogen-bond acceptors (Lipinski definition) is 5. The number of hydrogen-bond donors (Lipinski definition) is 2. The van der Waals surface area contributed by atoms with E-state index in [0.717, 1.165) is 36.4 Å². The molecule has 1 aliphatic rings. The molecule has 0 spiro atoms. The molecule has 2 aromatic rings. The lowest BCUT2D eigenvalue weighted by molar-refractivity contribution is -0.116. The zero-order valence-electron chi connectivity index (χ0n) is 11.9. The van der Waals surface area contributed by atoms with Gasteiger partial charge in [-0.1, -0.05) is 6.07 Å². The summed E-state index contributed by atoms with van der Waals surface area (Å²) in [6, 6.07) is 5.75. The highest BCUT2D eigenvalue weighted by Gasteiger charge is 2.18. The SMILES string of the molecule is Cc1ccc(-n2cnnn2)cc1NC(=O)CC1CCNC1. The zero-order chi connectivity index (χ0) is 14.7. The first-order valence-electron chi connectivity index (χ1n) is 7.07. The van der Waals surface area contributed by atoms with Gasteiger partial charge in [-0.05, 0) is 60.5 Å². The predicted molar refractivity (Wildman–Crippen MR) is 78.1 cm³/mol. The van der Waals surface area contributed by atoms with Crippen LogP contribution in [-0.2, 0) is 4.79 Å². The Kier molecular flexibility index (Phi) is 3.92. The summed E-state index contributed by atoms with van der Waals surface area (Å²) >= 11 is 0. The number of nitrogens with zero attached hydrogens (tertiary/aromatic N) is 4. The van der Waals surface area contributed by atoms with Crippen molar-refractivity contribution in [3.8, 4) is 5.69 Å². The number of rotatable bonds is 4. The Balaban J connectivity index is 1.72. The molecule has 7 nitrogen and oxygen atoms in total. The maximum absolute atomic E-state index is 12.1. The number of carbonyl (C=O) groups is 1. The van der Waals surface area contributed by atoms with Gasteiger partial charge in [-0.15, -0.1) is 5.10 Å². The first-order chi connectivity index (χ1) is 10.2. The van der Waals surface area contributed by atoms with Crippen LogP contribution in [0.2, 0.25) is 0 Å². The second-order valence-electron chi connectivity index (χ2n) is 5.36. The molecule has 1 amide bonds. The molecule has 1 unspecified atom stereocenters. The van der Waals surface area contributed by atoms with Gasteiger partial charge in [-0.2, -0.15) is 0 Å². The molecule has 1 atom stereocenters. The Morgan fingerprint density at radius 2 is 2.43 bits per heavy atom. The molecule has 3 rings (SSSR count). The molecule has 21 heavy (non-hydrogen) atoms. The maximum Gasteiger partial charge on any atom is 0.224 e. The van der Waals surface area contributed by atoms with Gasteiger partial charge in [0.1, 0.15) is 6.33 Å². The largest absolute Gasteiger partial charge is 0.326 e. The Morgan fingerprint density at radius 1 is 1.52 bits per heavy atom. The summed E-state index contributed by atoms with van der Waals surface area (Å²) in [5.74, 6) is 0.494. The van der Waals surface area contributed by atoms with E-state index in [2.05, 4.69) is 26.2 Å². The number of aryl methyl sites for hydroxylation is 1. The third-order valence-electron chi connectivity index (χ3n) is 3.75. The van der Waals surface area contributed by atoms with Gasteiger partial charge < -0.3 is 10.6 Å². The van der Waals surface area contributed by atoms with Gasteiger partial charge in [-0.25, -0.2) is 4.68 Å². The Morgan fingerprint density at radius 3 is 3.14 bits per heavy atom. The molecule has 2 N–H and O–H groups in total. The van der Waals surface area contributed by atoms with Crippen LogP contribution in [0, 0.1) is 12.8 Å². The number of anilines is 1. The molecule has 7 heteroatoms. The van der Waals surface area contributed by atoms with Crippen molar-refractivity contribution in [3.63, 3.8) is 0 Å². The fourth-order valence-electron chi connectivity index (χ4n) is 2.52. The summed E-state index contributed by atoms with van der Waals surface area (Å²) in [5, 5.41) is 17.4. The van der Waals surface area contributed by atoms with Gasteiger partial charge in [0.25, 0.3) is 0 Å².